The van der Waals surface area contributed by atoms with E-state index in [1.54, 1.807) is 11.8 Å². The maximum absolute atomic E-state index is 5.92. The molecule has 1 aromatic carbocycles. The molecule has 0 radical (unpaired) electrons. The number of aryl methyl sites for hydroxylation is 2. The number of nitrogens with two attached hydrogens (primary N) is 1. The van der Waals surface area contributed by atoms with Crippen LogP contribution in [0.4, 0.5) is 0 Å². The fourth-order valence-corrected chi connectivity index (χ4v) is 2.79. The van der Waals surface area contributed by atoms with Crippen LogP contribution in [0.25, 0.3) is 0 Å². The van der Waals surface area contributed by atoms with E-state index >= 15 is 0 Å². The predicted molar refractivity (Wildman–Crippen MR) is 75.9 cm³/mol. The Morgan fingerprint density at radius 3 is 2.83 bits per heavy atom. The summed E-state index contributed by atoms with van der Waals surface area (Å²) in [5.74, 6) is 0. The lowest BCUT2D eigenvalue weighted by Crippen LogP contribution is -2.18. The summed E-state index contributed by atoms with van der Waals surface area (Å²) < 4.78 is 2.03. The smallest absolute Gasteiger partial charge is 0.172 e. The van der Waals surface area contributed by atoms with Gasteiger partial charge in [0.15, 0.2) is 5.16 Å². The van der Waals surface area contributed by atoms with Gasteiger partial charge in [0.1, 0.15) is 0 Å². The zero-order chi connectivity index (χ0) is 13.1. The zero-order valence-electron chi connectivity index (χ0n) is 11.1. The van der Waals surface area contributed by atoms with Crippen LogP contribution in [-0.4, -0.2) is 15.6 Å². The summed E-state index contributed by atoms with van der Waals surface area (Å²) in [5, 5.41) is 1.00. The van der Waals surface area contributed by atoms with E-state index in [1.807, 2.05) is 30.9 Å². The minimum atomic E-state index is 0.174. The molecule has 3 nitrogen and oxygen atoms in total. The average Bonchev–Trinajstić information content (AvgIpc) is 2.67. The highest BCUT2D eigenvalue weighted by molar-refractivity contribution is 7.99. The normalized spacial score (nSPS) is 12.7. The molecule has 1 heterocycles. The van der Waals surface area contributed by atoms with E-state index < -0.39 is 0 Å². The van der Waals surface area contributed by atoms with Crippen LogP contribution in [0.5, 0.6) is 0 Å². The molecule has 0 fully saturated rings. The SMILES string of the molecule is Cc1ccc(Sc2nccn2C)c(CC(C)N)c1. The van der Waals surface area contributed by atoms with Crippen molar-refractivity contribution in [1.29, 1.82) is 0 Å². The van der Waals surface area contributed by atoms with Gasteiger partial charge in [0.25, 0.3) is 0 Å². The first-order valence-electron chi connectivity index (χ1n) is 6.06. The molecule has 0 aliphatic carbocycles. The summed E-state index contributed by atoms with van der Waals surface area (Å²) in [6.07, 6.45) is 4.68. The molecule has 96 valence electrons. The molecule has 4 heteroatoms. The van der Waals surface area contributed by atoms with Crippen LogP contribution in [0, 0.1) is 6.92 Å². The second kappa shape index (κ2) is 5.59. The Labute approximate surface area is 112 Å². The lowest BCUT2D eigenvalue weighted by Gasteiger charge is -2.12. The second-order valence-electron chi connectivity index (χ2n) is 4.72. The van der Waals surface area contributed by atoms with Gasteiger partial charge in [0, 0.05) is 30.4 Å². The van der Waals surface area contributed by atoms with Gasteiger partial charge in [0.05, 0.1) is 0 Å². The van der Waals surface area contributed by atoms with Crippen molar-refractivity contribution in [2.45, 2.75) is 36.4 Å². The Kier molecular flexibility index (Phi) is 4.09. The van der Waals surface area contributed by atoms with Crippen LogP contribution in [0.2, 0.25) is 0 Å². The van der Waals surface area contributed by atoms with E-state index in [9.17, 15) is 0 Å². The van der Waals surface area contributed by atoms with Gasteiger partial charge in [-0.15, -0.1) is 0 Å². The van der Waals surface area contributed by atoms with Crippen molar-refractivity contribution >= 4 is 11.8 Å². The molecule has 0 amide bonds. The van der Waals surface area contributed by atoms with Crippen LogP contribution in [-0.2, 0) is 13.5 Å². The fourth-order valence-electron chi connectivity index (χ4n) is 1.86. The average molecular weight is 261 g/mol. The summed E-state index contributed by atoms with van der Waals surface area (Å²) in [6, 6.07) is 6.68. The van der Waals surface area contributed by atoms with Crippen molar-refractivity contribution in [2.75, 3.05) is 0 Å². The largest absolute Gasteiger partial charge is 0.329 e. The van der Waals surface area contributed by atoms with E-state index in [0.717, 1.165) is 11.6 Å². The van der Waals surface area contributed by atoms with Crippen LogP contribution >= 0.6 is 11.8 Å². The molecular weight excluding hydrogens is 242 g/mol. The summed E-state index contributed by atoms with van der Waals surface area (Å²) in [4.78, 5) is 5.59. The Hall–Kier alpha value is -1.26. The lowest BCUT2D eigenvalue weighted by atomic mass is 10.1. The summed E-state index contributed by atoms with van der Waals surface area (Å²) >= 11 is 1.69. The van der Waals surface area contributed by atoms with Crippen LogP contribution < -0.4 is 5.73 Å². The first kappa shape index (κ1) is 13.2. The van der Waals surface area contributed by atoms with E-state index in [1.165, 1.54) is 16.0 Å². The van der Waals surface area contributed by atoms with Crippen molar-refractivity contribution in [3.8, 4) is 0 Å². The van der Waals surface area contributed by atoms with Crippen molar-refractivity contribution in [1.82, 2.24) is 9.55 Å². The molecule has 2 aromatic rings. The highest BCUT2D eigenvalue weighted by Gasteiger charge is 2.09. The minimum absolute atomic E-state index is 0.174. The molecular formula is C14H19N3S. The number of hydrogen-bond acceptors (Lipinski definition) is 3. The molecule has 0 saturated carbocycles. The maximum Gasteiger partial charge on any atom is 0.172 e. The lowest BCUT2D eigenvalue weighted by molar-refractivity contribution is 0.728. The van der Waals surface area contributed by atoms with Gasteiger partial charge in [-0.3, -0.25) is 0 Å². The topological polar surface area (TPSA) is 43.8 Å². The van der Waals surface area contributed by atoms with E-state index in [2.05, 4.69) is 30.1 Å². The Morgan fingerprint density at radius 1 is 1.44 bits per heavy atom. The van der Waals surface area contributed by atoms with Crippen molar-refractivity contribution in [3.05, 3.63) is 41.7 Å². The molecule has 1 atom stereocenters. The number of benzene rings is 1. The monoisotopic (exact) mass is 261 g/mol. The summed E-state index contributed by atoms with van der Waals surface area (Å²) in [7, 11) is 2.01. The Morgan fingerprint density at radius 2 is 2.22 bits per heavy atom. The first-order chi connectivity index (χ1) is 8.56. The van der Waals surface area contributed by atoms with E-state index in [0.29, 0.717) is 0 Å². The third-order valence-corrected chi connectivity index (χ3v) is 3.93. The van der Waals surface area contributed by atoms with E-state index in [4.69, 9.17) is 5.73 Å². The van der Waals surface area contributed by atoms with Crippen LogP contribution in [0.3, 0.4) is 0 Å². The van der Waals surface area contributed by atoms with Gasteiger partial charge >= 0.3 is 0 Å². The molecule has 1 unspecified atom stereocenters. The third-order valence-electron chi connectivity index (χ3n) is 2.74. The Bertz CT molecular complexity index is 532. The minimum Gasteiger partial charge on any atom is -0.329 e. The number of nitrogens with zero attached hydrogens (tertiary/aromatic N) is 2. The van der Waals surface area contributed by atoms with Crippen molar-refractivity contribution in [2.24, 2.45) is 12.8 Å². The molecule has 0 aliphatic heterocycles. The first-order valence-corrected chi connectivity index (χ1v) is 6.88. The van der Waals surface area contributed by atoms with Gasteiger partial charge in [-0.2, -0.15) is 0 Å². The molecule has 0 spiro atoms. The zero-order valence-corrected chi connectivity index (χ0v) is 11.9. The highest BCUT2D eigenvalue weighted by Crippen LogP contribution is 2.30. The maximum atomic E-state index is 5.92. The van der Waals surface area contributed by atoms with Crippen molar-refractivity contribution in [3.63, 3.8) is 0 Å². The summed E-state index contributed by atoms with van der Waals surface area (Å²) in [5.41, 5.74) is 8.49. The highest BCUT2D eigenvalue weighted by atomic mass is 32.2. The van der Waals surface area contributed by atoms with Gasteiger partial charge < -0.3 is 10.3 Å². The molecule has 0 bridgehead atoms. The number of hydrogen-bond donors (Lipinski definition) is 1. The third kappa shape index (κ3) is 3.15. The van der Waals surface area contributed by atoms with Gasteiger partial charge in [0.2, 0.25) is 0 Å². The Balaban J connectivity index is 2.29. The number of imidazole rings is 1. The molecule has 0 saturated heterocycles. The van der Waals surface area contributed by atoms with E-state index in [-0.39, 0.29) is 6.04 Å². The standard InChI is InChI=1S/C14H19N3S/c1-10-4-5-13(12(8-10)9-11(2)15)18-14-16-6-7-17(14)3/h4-8,11H,9,15H2,1-3H3. The van der Waals surface area contributed by atoms with Crippen LogP contribution in [0.15, 0.2) is 40.6 Å². The quantitative estimate of drug-likeness (QED) is 0.920. The number of aromatic nitrogens is 2. The number of rotatable bonds is 4. The van der Waals surface area contributed by atoms with Gasteiger partial charge in [-0.05, 0) is 31.9 Å². The second-order valence-corrected chi connectivity index (χ2v) is 5.72. The molecule has 2 N–H and O–H groups in total. The molecule has 0 aliphatic rings. The molecule has 1 aromatic heterocycles. The molecule has 2 rings (SSSR count). The van der Waals surface area contributed by atoms with Gasteiger partial charge in [-0.25, -0.2) is 4.98 Å². The predicted octanol–water partition coefficient (Wildman–Crippen LogP) is 2.77. The molecule has 18 heavy (non-hydrogen) atoms. The van der Waals surface area contributed by atoms with Crippen molar-refractivity contribution < 1.29 is 0 Å². The summed E-state index contributed by atoms with van der Waals surface area (Å²) in [6.45, 7) is 4.15. The van der Waals surface area contributed by atoms with Gasteiger partial charge in [-0.1, -0.05) is 29.5 Å². The van der Waals surface area contributed by atoms with Crippen LogP contribution in [0.1, 0.15) is 18.1 Å². The fraction of sp³-hybridized carbons (Fsp3) is 0.357.